The average molecular weight is 522 g/mol. The van der Waals surface area contributed by atoms with Gasteiger partial charge in [-0.05, 0) is 32.1 Å². The van der Waals surface area contributed by atoms with Gasteiger partial charge in [0.15, 0.2) is 0 Å². The lowest BCUT2D eigenvalue weighted by molar-refractivity contribution is -0.123. The van der Waals surface area contributed by atoms with Gasteiger partial charge in [-0.2, -0.15) is 0 Å². The Kier molecular flexibility index (Phi) is 28.5. The molecule has 0 aromatic rings. The van der Waals surface area contributed by atoms with E-state index in [0.29, 0.717) is 6.42 Å². The van der Waals surface area contributed by atoms with Crippen molar-refractivity contribution in [2.24, 2.45) is 0 Å². The molecule has 0 fully saturated rings. The van der Waals surface area contributed by atoms with E-state index in [4.69, 9.17) is 0 Å². The molecule has 2 atom stereocenters. The summed E-state index contributed by atoms with van der Waals surface area (Å²) in [6, 6.07) is -0.631. The fourth-order valence-corrected chi connectivity index (χ4v) is 4.66. The minimum absolute atomic E-state index is 0.0775. The third-order valence-electron chi connectivity index (χ3n) is 7.19. The zero-order valence-electron chi connectivity index (χ0n) is 24.7. The molecule has 0 spiro atoms. The highest BCUT2D eigenvalue weighted by Gasteiger charge is 2.17. The van der Waals surface area contributed by atoms with Gasteiger partial charge in [-0.1, -0.05) is 147 Å². The van der Waals surface area contributed by atoms with Crippen molar-refractivity contribution >= 4 is 5.91 Å². The van der Waals surface area contributed by atoms with Gasteiger partial charge in [0, 0.05) is 6.42 Å². The molecule has 218 valence electrons. The van der Waals surface area contributed by atoms with Crippen molar-refractivity contribution in [2.75, 3.05) is 6.61 Å². The van der Waals surface area contributed by atoms with Gasteiger partial charge >= 0.3 is 0 Å². The van der Waals surface area contributed by atoms with E-state index in [0.717, 1.165) is 32.1 Å². The molecule has 0 aliphatic carbocycles. The Morgan fingerprint density at radius 2 is 1.05 bits per heavy atom. The molecule has 0 aliphatic rings. The molecule has 0 heterocycles. The fourth-order valence-electron chi connectivity index (χ4n) is 4.66. The molecule has 0 aromatic heterocycles. The maximum atomic E-state index is 12.2. The van der Waals surface area contributed by atoms with E-state index < -0.39 is 12.1 Å². The number of rotatable bonds is 28. The molecule has 0 aromatic carbocycles. The van der Waals surface area contributed by atoms with E-state index in [-0.39, 0.29) is 12.5 Å². The van der Waals surface area contributed by atoms with Crippen molar-refractivity contribution < 1.29 is 15.0 Å². The van der Waals surface area contributed by atoms with Gasteiger partial charge in [-0.3, -0.25) is 4.79 Å². The van der Waals surface area contributed by atoms with Crippen LogP contribution in [0.3, 0.4) is 0 Å². The van der Waals surface area contributed by atoms with Gasteiger partial charge in [-0.15, -0.1) is 0 Å². The van der Waals surface area contributed by atoms with Crippen molar-refractivity contribution in [1.29, 1.82) is 0 Å². The maximum absolute atomic E-state index is 12.2. The zero-order chi connectivity index (χ0) is 27.2. The summed E-state index contributed by atoms with van der Waals surface area (Å²) in [5.74, 6) is -0.0775. The molecule has 3 N–H and O–H groups in total. The molecule has 0 rings (SSSR count). The molecule has 2 unspecified atom stereocenters. The van der Waals surface area contributed by atoms with Crippen molar-refractivity contribution in [3.05, 3.63) is 24.3 Å². The number of hydrogen-bond acceptors (Lipinski definition) is 3. The first-order chi connectivity index (χ1) is 18.2. The van der Waals surface area contributed by atoms with E-state index in [1.807, 2.05) is 6.08 Å². The zero-order valence-corrected chi connectivity index (χ0v) is 24.7. The number of allylic oxidation sites excluding steroid dienone is 3. The van der Waals surface area contributed by atoms with Crippen molar-refractivity contribution in [3.8, 4) is 0 Å². The van der Waals surface area contributed by atoms with E-state index in [1.165, 1.54) is 109 Å². The average Bonchev–Trinajstić information content (AvgIpc) is 2.90. The summed E-state index contributed by atoms with van der Waals surface area (Å²) in [5, 5.41) is 22.7. The minimum Gasteiger partial charge on any atom is -0.394 e. The van der Waals surface area contributed by atoms with E-state index >= 15 is 0 Å². The van der Waals surface area contributed by atoms with Crippen molar-refractivity contribution in [2.45, 2.75) is 174 Å². The van der Waals surface area contributed by atoms with Gasteiger partial charge in [0.2, 0.25) is 5.91 Å². The summed E-state index contributed by atoms with van der Waals surface area (Å²) in [6.07, 6.45) is 35.3. The smallest absolute Gasteiger partial charge is 0.220 e. The molecule has 1 amide bonds. The van der Waals surface area contributed by atoms with Crippen LogP contribution in [0.15, 0.2) is 24.3 Å². The monoisotopic (exact) mass is 521 g/mol. The lowest BCUT2D eigenvalue weighted by atomic mass is 10.0. The largest absolute Gasteiger partial charge is 0.394 e. The lowest BCUT2D eigenvalue weighted by Gasteiger charge is -2.19. The predicted molar refractivity (Wildman–Crippen MR) is 161 cm³/mol. The Morgan fingerprint density at radius 1 is 0.622 bits per heavy atom. The van der Waals surface area contributed by atoms with Crippen LogP contribution < -0.4 is 5.32 Å². The topological polar surface area (TPSA) is 69.6 Å². The van der Waals surface area contributed by atoms with E-state index in [2.05, 4.69) is 31.3 Å². The first-order valence-electron chi connectivity index (χ1n) is 16.1. The summed E-state index contributed by atoms with van der Waals surface area (Å²) in [4.78, 5) is 12.2. The van der Waals surface area contributed by atoms with Crippen LogP contribution in [0.4, 0.5) is 0 Å². The van der Waals surface area contributed by atoms with Gasteiger partial charge in [0.05, 0.1) is 18.8 Å². The highest BCUT2D eigenvalue weighted by molar-refractivity contribution is 5.76. The Bertz CT molecular complexity index is 532. The Balaban J connectivity index is 3.72. The number of amides is 1. The highest BCUT2D eigenvalue weighted by Crippen LogP contribution is 2.12. The minimum atomic E-state index is -0.854. The Hall–Kier alpha value is -1.13. The van der Waals surface area contributed by atoms with Crippen molar-refractivity contribution in [3.63, 3.8) is 0 Å². The van der Waals surface area contributed by atoms with Gasteiger partial charge in [-0.25, -0.2) is 0 Å². The van der Waals surface area contributed by atoms with Crippen LogP contribution in [-0.2, 0) is 4.79 Å². The van der Waals surface area contributed by atoms with Crippen LogP contribution in [0, 0.1) is 0 Å². The number of aliphatic hydroxyl groups is 2. The van der Waals surface area contributed by atoms with Crippen molar-refractivity contribution in [1.82, 2.24) is 5.32 Å². The van der Waals surface area contributed by atoms with Crippen LogP contribution in [0.2, 0.25) is 0 Å². The number of hydrogen-bond donors (Lipinski definition) is 3. The molecule has 4 heteroatoms. The molecule has 0 saturated heterocycles. The second-order valence-electron chi connectivity index (χ2n) is 10.9. The summed E-state index contributed by atoms with van der Waals surface area (Å²) < 4.78 is 0. The number of aliphatic hydroxyl groups excluding tert-OH is 2. The quantitative estimate of drug-likeness (QED) is 0.0711. The van der Waals surface area contributed by atoms with Crippen LogP contribution in [0.5, 0.6) is 0 Å². The SMILES string of the molecule is CCCCCCCCCC/C=C/CC/C=C/C(O)C(CO)NC(=O)CCCCCCCCCCCCC. The first-order valence-corrected chi connectivity index (χ1v) is 16.1. The second kappa shape index (κ2) is 29.4. The normalized spacial score (nSPS) is 13.5. The molecule has 0 radical (unpaired) electrons. The van der Waals surface area contributed by atoms with E-state index in [9.17, 15) is 15.0 Å². The summed E-state index contributed by atoms with van der Waals surface area (Å²) in [7, 11) is 0. The molecule has 0 bridgehead atoms. The Morgan fingerprint density at radius 3 is 1.57 bits per heavy atom. The number of carbonyl (C=O) groups is 1. The molecular formula is C33H63NO3. The van der Waals surface area contributed by atoms with Crippen LogP contribution >= 0.6 is 0 Å². The van der Waals surface area contributed by atoms with Crippen LogP contribution in [-0.4, -0.2) is 34.9 Å². The molecular weight excluding hydrogens is 458 g/mol. The predicted octanol–water partition coefficient (Wildman–Crippen LogP) is 8.95. The third kappa shape index (κ3) is 26.3. The standard InChI is InChI=1S/C33H63NO3/c1-3-5-7-9-11-13-15-16-17-19-20-22-24-26-28-32(36)31(30-35)34-33(37)29-27-25-23-21-18-14-12-10-8-6-4-2/h19-20,26,28,31-32,35-36H,3-18,21-25,27,29-30H2,1-2H3,(H,34,37)/b20-19+,28-26+. The fraction of sp³-hybridized carbons (Fsp3) is 0.848. The van der Waals surface area contributed by atoms with Gasteiger partial charge in [0.1, 0.15) is 0 Å². The maximum Gasteiger partial charge on any atom is 0.220 e. The Labute approximate surface area is 230 Å². The number of unbranched alkanes of at least 4 members (excludes halogenated alkanes) is 19. The van der Waals surface area contributed by atoms with Crippen LogP contribution in [0.1, 0.15) is 162 Å². The van der Waals surface area contributed by atoms with E-state index in [1.54, 1.807) is 6.08 Å². The van der Waals surface area contributed by atoms with Gasteiger partial charge < -0.3 is 15.5 Å². The van der Waals surface area contributed by atoms with Crippen LogP contribution in [0.25, 0.3) is 0 Å². The third-order valence-corrected chi connectivity index (χ3v) is 7.19. The molecule has 37 heavy (non-hydrogen) atoms. The van der Waals surface area contributed by atoms with Gasteiger partial charge in [0.25, 0.3) is 0 Å². The lowest BCUT2D eigenvalue weighted by Crippen LogP contribution is -2.45. The second-order valence-corrected chi connectivity index (χ2v) is 10.9. The molecule has 0 saturated carbocycles. The summed E-state index contributed by atoms with van der Waals surface area (Å²) in [5.41, 5.74) is 0. The highest BCUT2D eigenvalue weighted by atomic mass is 16.3. The number of carbonyl (C=O) groups excluding carboxylic acids is 1. The molecule has 0 aliphatic heterocycles. The summed E-state index contributed by atoms with van der Waals surface area (Å²) >= 11 is 0. The molecule has 4 nitrogen and oxygen atoms in total. The summed E-state index contributed by atoms with van der Waals surface area (Å²) in [6.45, 7) is 4.26. The first kappa shape index (κ1) is 35.9. The number of nitrogens with one attached hydrogen (secondary N) is 1.